The summed E-state index contributed by atoms with van der Waals surface area (Å²) in [5, 5.41) is 3.62. The van der Waals surface area contributed by atoms with Crippen molar-refractivity contribution in [3.05, 3.63) is 24.3 Å². The third-order valence-corrected chi connectivity index (χ3v) is 3.14. The van der Waals surface area contributed by atoms with Crippen molar-refractivity contribution in [2.45, 2.75) is 31.8 Å². The lowest BCUT2D eigenvalue weighted by molar-refractivity contribution is 0.218. The van der Waals surface area contributed by atoms with Crippen LogP contribution in [0, 0.1) is 0 Å². The highest BCUT2D eigenvalue weighted by atomic mass is 15.1. The average molecular weight is 220 g/mol. The average Bonchev–Trinajstić information content (AvgIpc) is 2.30. The lowest BCUT2D eigenvalue weighted by Gasteiger charge is -2.32. The Hall–Kier alpha value is -1.00. The number of aromatic nitrogens is 2. The number of likely N-dealkylation sites (N-methyl/N-ethyl adjacent to an activating group) is 1. The fourth-order valence-electron chi connectivity index (χ4n) is 2.28. The Bertz CT molecular complexity index is 314. The summed E-state index contributed by atoms with van der Waals surface area (Å²) in [5.41, 5.74) is 1.02. The van der Waals surface area contributed by atoms with Gasteiger partial charge in [0.25, 0.3) is 0 Å². The predicted molar refractivity (Wildman–Crippen MR) is 64.1 cm³/mol. The fraction of sp³-hybridized carbons (Fsp3) is 0.667. The largest absolute Gasteiger partial charge is 0.305 e. The van der Waals surface area contributed by atoms with E-state index in [0.717, 1.165) is 12.2 Å². The molecule has 1 N–H and O–H groups in total. The minimum Gasteiger partial charge on any atom is -0.305 e. The monoisotopic (exact) mass is 220 g/mol. The molecule has 1 fully saturated rings. The summed E-state index contributed by atoms with van der Waals surface area (Å²) in [4.78, 5) is 10.8. The quantitative estimate of drug-likeness (QED) is 0.831. The first-order chi connectivity index (χ1) is 7.75. The summed E-state index contributed by atoms with van der Waals surface area (Å²) in [6.45, 7) is 4.50. The molecule has 2 unspecified atom stereocenters. The molecule has 0 spiro atoms. The van der Waals surface area contributed by atoms with E-state index in [4.69, 9.17) is 0 Å². The van der Waals surface area contributed by atoms with E-state index in [-0.39, 0.29) is 6.04 Å². The first kappa shape index (κ1) is 11.5. The van der Waals surface area contributed by atoms with Crippen molar-refractivity contribution in [2.75, 3.05) is 20.1 Å². The zero-order chi connectivity index (χ0) is 11.4. The molecule has 0 saturated carbocycles. The van der Waals surface area contributed by atoms with Gasteiger partial charge >= 0.3 is 0 Å². The van der Waals surface area contributed by atoms with Gasteiger partial charge in [-0.25, -0.2) is 0 Å². The van der Waals surface area contributed by atoms with Crippen LogP contribution in [-0.4, -0.2) is 41.0 Å². The number of nitrogens with zero attached hydrogens (tertiary/aromatic N) is 3. The van der Waals surface area contributed by atoms with Crippen molar-refractivity contribution in [1.82, 2.24) is 20.2 Å². The van der Waals surface area contributed by atoms with Gasteiger partial charge in [-0.3, -0.25) is 9.97 Å². The fourth-order valence-corrected chi connectivity index (χ4v) is 2.28. The van der Waals surface area contributed by atoms with E-state index in [0.29, 0.717) is 6.04 Å². The molecule has 0 amide bonds. The standard InChI is InChI=1S/C12H20N4/c1-10(12-8-13-5-6-14-12)15-11-4-3-7-16(2)9-11/h5-6,8,10-11,15H,3-4,7,9H2,1-2H3. The van der Waals surface area contributed by atoms with E-state index in [1.807, 2.05) is 6.20 Å². The lowest BCUT2D eigenvalue weighted by atomic mass is 10.0. The summed E-state index contributed by atoms with van der Waals surface area (Å²) < 4.78 is 0. The van der Waals surface area contributed by atoms with Crippen LogP contribution in [0.15, 0.2) is 18.6 Å². The minimum atomic E-state index is 0.283. The predicted octanol–water partition coefficient (Wildman–Crippen LogP) is 1.22. The van der Waals surface area contributed by atoms with Gasteiger partial charge in [-0.15, -0.1) is 0 Å². The van der Waals surface area contributed by atoms with Crippen molar-refractivity contribution >= 4 is 0 Å². The van der Waals surface area contributed by atoms with Gasteiger partial charge < -0.3 is 10.2 Å². The van der Waals surface area contributed by atoms with Gasteiger partial charge in [0.1, 0.15) is 0 Å². The topological polar surface area (TPSA) is 41.0 Å². The molecule has 1 aromatic heterocycles. The molecule has 4 heteroatoms. The van der Waals surface area contributed by atoms with Crippen LogP contribution in [0.2, 0.25) is 0 Å². The lowest BCUT2D eigenvalue weighted by Crippen LogP contribution is -2.44. The molecule has 2 rings (SSSR count). The Morgan fingerprint density at radius 3 is 3.06 bits per heavy atom. The molecular weight excluding hydrogens is 200 g/mol. The van der Waals surface area contributed by atoms with Crippen molar-refractivity contribution < 1.29 is 0 Å². The molecule has 0 bridgehead atoms. The molecule has 1 aliphatic rings. The second-order valence-corrected chi connectivity index (χ2v) is 4.62. The van der Waals surface area contributed by atoms with Gasteiger partial charge in [0, 0.05) is 37.2 Å². The third-order valence-electron chi connectivity index (χ3n) is 3.14. The number of nitrogens with one attached hydrogen (secondary N) is 1. The Morgan fingerprint density at radius 2 is 2.38 bits per heavy atom. The van der Waals surface area contributed by atoms with Gasteiger partial charge in [0.15, 0.2) is 0 Å². The van der Waals surface area contributed by atoms with E-state index < -0.39 is 0 Å². The van der Waals surface area contributed by atoms with Crippen LogP contribution >= 0.6 is 0 Å². The van der Waals surface area contributed by atoms with Crippen LogP contribution in [0.5, 0.6) is 0 Å². The Labute approximate surface area is 97.1 Å². The highest BCUT2D eigenvalue weighted by Crippen LogP contribution is 2.13. The van der Waals surface area contributed by atoms with E-state index in [1.54, 1.807) is 12.4 Å². The number of rotatable bonds is 3. The molecule has 0 radical (unpaired) electrons. The van der Waals surface area contributed by atoms with Crippen molar-refractivity contribution in [3.63, 3.8) is 0 Å². The molecule has 2 heterocycles. The molecule has 1 aromatic rings. The second-order valence-electron chi connectivity index (χ2n) is 4.62. The van der Waals surface area contributed by atoms with Gasteiger partial charge in [0.2, 0.25) is 0 Å². The minimum absolute atomic E-state index is 0.283. The molecule has 1 saturated heterocycles. The van der Waals surface area contributed by atoms with Gasteiger partial charge in [-0.2, -0.15) is 0 Å². The summed E-state index contributed by atoms with van der Waals surface area (Å²) in [7, 11) is 2.18. The molecule has 2 atom stereocenters. The maximum atomic E-state index is 4.32. The highest BCUT2D eigenvalue weighted by Gasteiger charge is 2.19. The van der Waals surface area contributed by atoms with E-state index >= 15 is 0 Å². The van der Waals surface area contributed by atoms with Gasteiger partial charge in [-0.1, -0.05) is 0 Å². The van der Waals surface area contributed by atoms with Crippen molar-refractivity contribution in [1.29, 1.82) is 0 Å². The van der Waals surface area contributed by atoms with E-state index in [2.05, 4.69) is 34.2 Å². The number of hydrogen-bond donors (Lipinski definition) is 1. The summed E-state index contributed by atoms with van der Waals surface area (Å²) in [5.74, 6) is 0. The second kappa shape index (κ2) is 5.37. The molecule has 0 aromatic carbocycles. The van der Waals surface area contributed by atoms with Crippen LogP contribution < -0.4 is 5.32 Å². The first-order valence-electron chi connectivity index (χ1n) is 5.96. The number of likely N-dealkylation sites (tertiary alicyclic amines) is 1. The maximum Gasteiger partial charge on any atom is 0.0753 e. The van der Waals surface area contributed by atoms with Crippen LogP contribution in [0.25, 0.3) is 0 Å². The Morgan fingerprint density at radius 1 is 1.50 bits per heavy atom. The molecule has 0 aliphatic carbocycles. The van der Waals surface area contributed by atoms with Crippen LogP contribution in [0.4, 0.5) is 0 Å². The van der Waals surface area contributed by atoms with Gasteiger partial charge in [0.05, 0.1) is 5.69 Å². The third kappa shape index (κ3) is 3.00. The molecule has 4 nitrogen and oxygen atoms in total. The van der Waals surface area contributed by atoms with Crippen LogP contribution in [0.3, 0.4) is 0 Å². The molecular formula is C12H20N4. The van der Waals surface area contributed by atoms with Crippen molar-refractivity contribution in [3.8, 4) is 0 Å². The van der Waals surface area contributed by atoms with Crippen LogP contribution in [-0.2, 0) is 0 Å². The summed E-state index contributed by atoms with van der Waals surface area (Å²) in [6, 6.07) is 0.862. The van der Waals surface area contributed by atoms with Crippen molar-refractivity contribution in [2.24, 2.45) is 0 Å². The van der Waals surface area contributed by atoms with E-state index in [9.17, 15) is 0 Å². The van der Waals surface area contributed by atoms with Gasteiger partial charge in [-0.05, 0) is 33.4 Å². The number of piperidine rings is 1. The summed E-state index contributed by atoms with van der Waals surface area (Å²) in [6.07, 6.45) is 7.84. The Kier molecular flexibility index (Phi) is 3.85. The SMILES string of the molecule is CC(NC1CCCN(C)C1)c1cnccn1. The maximum absolute atomic E-state index is 4.32. The molecule has 16 heavy (non-hydrogen) atoms. The number of hydrogen-bond acceptors (Lipinski definition) is 4. The normalized spacial score (nSPS) is 24.2. The van der Waals surface area contributed by atoms with Crippen LogP contribution in [0.1, 0.15) is 31.5 Å². The molecule has 1 aliphatic heterocycles. The smallest absolute Gasteiger partial charge is 0.0753 e. The Balaban J connectivity index is 1.89. The zero-order valence-corrected chi connectivity index (χ0v) is 10.1. The first-order valence-corrected chi connectivity index (χ1v) is 5.96. The zero-order valence-electron chi connectivity index (χ0n) is 10.1. The molecule has 88 valence electrons. The summed E-state index contributed by atoms with van der Waals surface area (Å²) >= 11 is 0. The van der Waals surface area contributed by atoms with E-state index in [1.165, 1.54) is 19.4 Å². The highest BCUT2D eigenvalue weighted by molar-refractivity contribution is 5.01.